The van der Waals surface area contributed by atoms with E-state index in [0.717, 1.165) is 12.2 Å². The number of hydrogen-bond donors (Lipinski definition) is 1. The summed E-state index contributed by atoms with van der Waals surface area (Å²) in [5.41, 5.74) is 1.47. The number of ether oxygens (including phenoxy) is 1. The molecule has 0 bridgehead atoms. The van der Waals surface area contributed by atoms with Crippen molar-refractivity contribution < 1.29 is 9.53 Å². The number of benzene rings is 1. The van der Waals surface area contributed by atoms with Gasteiger partial charge in [0.2, 0.25) is 0 Å². The molecule has 0 aliphatic heterocycles. The molecule has 0 aliphatic rings. The second-order valence-corrected chi connectivity index (χ2v) is 5.71. The third-order valence-corrected chi connectivity index (χ3v) is 3.75. The molecule has 23 heavy (non-hydrogen) atoms. The molecule has 0 amide bonds. The number of anilines is 1. The van der Waals surface area contributed by atoms with Crippen molar-refractivity contribution in [2.45, 2.75) is 58.3 Å². The molecule has 0 radical (unpaired) electrons. The van der Waals surface area contributed by atoms with E-state index < -0.39 is 5.97 Å². The molecule has 4 heteroatoms. The normalized spacial score (nSPS) is 10.1. The molecule has 1 aromatic rings. The number of nitriles is 1. The van der Waals surface area contributed by atoms with E-state index in [1.54, 1.807) is 18.2 Å². The monoisotopic (exact) mass is 316 g/mol. The summed E-state index contributed by atoms with van der Waals surface area (Å²) >= 11 is 0. The van der Waals surface area contributed by atoms with Gasteiger partial charge in [0.05, 0.1) is 5.56 Å². The van der Waals surface area contributed by atoms with Crippen LogP contribution in [0.3, 0.4) is 0 Å². The minimum Gasteiger partial charge on any atom is -0.447 e. The summed E-state index contributed by atoms with van der Waals surface area (Å²) in [5.74, 6) is -0.457. The van der Waals surface area contributed by atoms with Crippen LogP contribution in [-0.2, 0) is 4.74 Å². The van der Waals surface area contributed by atoms with Crippen molar-refractivity contribution in [3.8, 4) is 6.07 Å². The first-order chi connectivity index (χ1) is 11.3. The zero-order chi connectivity index (χ0) is 16.8. The van der Waals surface area contributed by atoms with Gasteiger partial charge in [-0.15, -0.1) is 0 Å². The highest BCUT2D eigenvalue weighted by atomic mass is 16.5. The van der Waals surface area contributed by atoms with Crippen molar-refractivity contribution in [2.24, 2.45) is 0 Å². The van der Waals surface area contributed by atoms with E-state index in [9.17, 15) is 4.79 Å². The standard InChI is InChI=1S/C19H28N2O2/c1-2-3-4-5-6-7-8-9-15-21-18-12-10-17(11-13-18)19(22)23-16-14-20/h10-13,21H,2-9,15-16H2,1H3. The molecule has 126 valence electrons. The number of nitrogens with zero attached hydrogens (tertiary/aromatic N) is 1. The van der Waals surface area contributed by atoms with E-state index in [-0.39, 0.29) is 6.61 Å². The summed E-state index contributed by atoms with van der Waals surface area (Å²) in [5, 5.41) is 11.7. The van der Waals surface area contributed by atoms with Crippen molar-refractivity contribution in [2.75, 3.05) is 18.5 Å². The summed E-state index contributed by atoms with van der Waals surface area (Å²) in [6, 6.07) is 8.96. The van der Waals surface area contributed by atoms with Crippen LogP contribution in [0.5, 0.6) is 0 Å². The second-order valence-electron chi connectivity index (χ2n) is 5.71. The molecule has 0 aliphatic carbocycles. The molecule has 1 N–H and O–H groups in total. The van der Waals surface area contributed by atoms with Crippen molar-refractivity contribution in [1.82, 2.24) is 0 Å². The summed E-state index contributed by atoms with van der Waals surface area (Å²) in [6.45, 7) is 2.98. The van der Waals surface area contributed by atoms with E-state index in [4.69, 9.17) is 10.00 Å². The molecule has 0 atom stereocenters. The number of carbonyl (C=O) groups is 1. The number of esters is 1. The molecule has 0 aromatic heterocycles. The maximum absolute atomic E-state index is 11.5. The molecule has 0 fully saturated rings. The smallest absolute Gasteiger partial charge is 0.339 e. The highest BCUT2D eigenvalue weighted by Crippen LogP contribution is 2.12. The third kappa shape index (κ3) is 8.87. The van der Waals surface area contributed by atoms with Crippen LogP contribution in [0.25, 0.3) is 0 Å². The Bertz CT molecular complexity index is 477. The minimum atomic E-state index is -0.457. The van der Waals surface area contributed by atoms with Gasteiger partial charge in [0.1, 0.15) is 6.07 Å². The quantitative estimate of drug-likeness (QED) is 0.439. The first-order valence-electron chi connectivity index (χ1n) is 8.66. The molecular formula is C19H28N2O2. The molecule has 0 spiro atoms. The van der Waals surface area contributed by atoms with Crippen LogP contribution >= 0.6 is 0 Å². The summed E-state index contributed by atoms with van der Waals surface area (Å²) < 4.78 is 4.76. The highest BCUT2D eigenvalue weighted by Gasteiger charge is 2.05. The number of rotatable bonds is 12. The van der Waals surface area contributed by atoms with Crippen molar-refractivity contribution >= 4 is 11.7 Å². The van der Waals surface area contributed by atoms with Gasteiger partial charge in [-0.2, -0.15) is 5.26 Å². The first kappa shape index (κ1) is 19.0. The fourth-order valence-electron chi connectivity index (χ4n) is 2.40. The molecule has 0 unspecified atom stereocenters. The van der Waals surface area contributed by atoms with Gasteiger partial charge in [-0.25, -0.2) is 4.79 Å². The Balaban J connectivity index is 2.11. The Morgan fingerprint density at radius 3 is 2.26 bits per heavy atom. The van der Waals surface area contributed by atoms with Crippen LogP contribution in [0.4, 0.5) is 5.69 Å². The van der Waals surface area contributed by atoms with E-state index >= 15 is 0 Å². The van der Waals surface area contributed by atoms with Gasteiger partial charge in [0, 0.05) is 12.2 Å². The topological polar surface area (TPSA) is 62.1 Å². The summed E-state index contributed by atoms with van der Waals surface area (Å²) in [7, 11) is 0. The van der Waals surface area contributed by atoms with Gasteiger partial charge in [-0.1, -0.05) is 51.9 Å². The number of hydrogen-bond acceptors (Lipinski definition) is 4. The van der Waals surface area contributed by atoms with Gasteiger partial charge in [0.25, 0.3) is 0 Å². The zero-order valence-electron chi connectivity index (χ0n) is 14.1. The average Bonchev–Trinajstić information content (AvgIpc) is 2.58. The zero-order valence-corrected chi connectivity index (χ0v) is 14.1. The van der Waals surface area contributed by atoms with Crippen LogP contribution in [0.2, 0.25) is 0 Å². The molecule has 1 aromatic carbocycles. The van der Waals surface area contributed by atoms with Gasteiger partial charge >= 0.3 is 5.97 Å². The highest BCUT2D eigenvalue weighted by molar-refractivity contribution is 5.89. The number of unbranched alkanes of at least 4 members (excludes halogenated alkanes) is 7. The van der Waals surface area contributed by atoms with Crippen LogP contribution < -0.4 is 5.32 Å². The predicted octanol–water partition coefficient (Wildman–Crippen LogP) is 4.92. The van der Waals surface area contributed by atoms with E-state index in [1.807, 2.05) is 12.1 Å². The Morgan fingerprint density at radius 1 is 1.04 bits per heavy atom. The molecule has 0 heterocycles. The van der Waals surface area contributed by atoms with Crippen molar-refractivity contribution in [1.29, 1.82) is 5.26 Å². The predicted molar refractivity (Wildman–Crippen MR) is 93.4 cm³/mol. The average molecular weight is 316 g/mol. The fourth-order valence-corrected chi connectivity index (χ4v) is 2.40. The lowest BCUT2D eigenvalue weighted by Gasteiger charge is -2.07. The second kappa shape index (κ2) is 12.5. The molecule has 0 saturated heterocycles. The molecular weight excluding hydrogens is 288 g/mol. The maximum atomic E-state index is 11.5. The van der Waals surface area contributed by atoms with Crippen LogP contribution in [0.15, 0.2) is 24.3 Å². The van der Waals surface area contributed by atoms with Crippen molar-refractivity contribution in [3.05, 3.63) is 29.8 Å². The SMILES string of the molecule is CCCCCCCCCCNc1ccc(C(=O)OCC#N)cc1. The lowest BCUT2D eigenvalue weighted by Crippen LogP contribution is -2.06. The van der Waals surface area contributed by atoms with Crippen LogP contribution in [0.1, 0.15) is 68.6 Å². The first-order valence-corrected chi connectivity index (χ1v) is 8.66. The maximum Gasteiger partial charge on any atom is 0.339 e. The number of nitrogens with one attached hydrogen (secondary N) is 1. The Morgan fingerprint density at radius 2 is 1.65 bits per heavy atom. The van der Waals surface area contributed by atoms with E-state index in [1.165, 1.54) is 51.4 Å². The number of carbonyl (C=O) groups excluding carboxylic acids is 1. The van der Waals surface area contributed by atoms with Crippen LogP contribution in [-0.4, -0.2) is 19.1 Å². The lowest BCUT2D eigenvalue weighted by molar-refractivity contribution is 0.0555. The molecule has 1 rings (SSSR count). The lowest BCUT2D eigenvalue weighted by atomic mass is 10.1. The fraction of sp³-hybridized carbons (Fsp3) is 0.579. The summed E-state index contributed by atoms with van der Waals surface area (Å²) in [6.07, 6.45) is 10.5. The Hall–Kier alpha value is -2.02. The van der Waals surface area contributed by atoms with Gasteiger partial charge in [0.15, 0.2) is 6.61 Å². The Labute approximate surface area is 139 Å². The van der Waals surface area contributed by atoms with Crippen LogP contribution in [0, 0.1) is 11.3 Å². The third-order valence-electron chi connectivity index (χ3n) is 3.75. The summed E-state index contributed by atoms with van der Waals surface area (Å²) in [4.78, 5) is 11.5. The van der Waals surface area contributed by atoms with Gasteiger partial charge < -0.3 is 10.1 Å². The van der Waals surface area contributed by atoms with Gasteiger partial charge in [-0.3, -0.25) is 0 Å². The van der Waals surface area contributed by atoms with E-state index in [2.05, 4.69) is 12.2 Å². The molecule has 4 nitrogen and oxygen atoms in total. The minimum absolute atomic E-state index is 0.211. The van der Waals surface area contributed by atoms with Crippen molar-refractivity contribution in [3.63, 3.8) is 0 Å². The Kier molecular flexibility index (Phi) is 10.4. The largest absolute Gasteiger partial charge is 0.447 e. The van der Waals surface area contributed by atoms with E-state index in [0.29, 0.717) is 5.56 Å². The molecule has 0 saturated carbocycles. The van der Waals surface area contributed by atoms with Gasteiger partial charge in [-0.05, 0) is 30.7 Å².